The van der Waals surface area contributed by atoms with Gasteiger partial charge in [0.1, 0.15) is 5.57 Å². The van der Waals surface area contributed by atoms with Crippen LogP contribution in [0, 0.1) is 9.52 Å². The number of nitrogens with one attached hydrogen (secondary N) is 1. The Kier molecular flexibility index (Phi) is 5.11. The van der Waals surface area contributed by atoms with Crippen LogP contribution >= 0.6 is 46.4 Å². The third-order valence-corrected chi connectivity index (χ3v) is 4.84. The van der Waals surface area contributed by atoms with Crippen molar-refractivity contribution in [3.8, 4) is 0 Å². The number of anilines is 1. The molecule has 0 atom stereocenters. The molecule has 9 heteroatoms. The average Bonchev–Trinajstić information content (AvgIpc) is 2.55. The van der Waals surface area contributed by atoms with Gasteiger partial charge in [-0.3, -0.25) is 19.8 Å². The number of halogens is 3. The molecule has 0 spiro atoms. The molecule has 1 fully saturated rings. The Morgan fingerprint density at radius 3 is 2.56 bits per heavy atom. The second-order valence-electron chi connectivity index (χ2n) is 4.93. The molecular formula is C16H8ClFIN3O2S. The minimum atomic E-state index is -0.772. The van der Waals surface area contributed by atoms with Crippen molar-refractivity contribution in [1.29, 1.82) is 0 Å². The molecule has 126 valence electrons. The smallest absolute Gasteiger partial charge is 0.270 e. The van der Waals surface area contributed by atoms with E-state index >= 15 is 0 Å². The van der Waals surface area contributed by atoms with Crippen molar-refractivity contribution in [2.24, 2.45) is 0 Å². The van der Waals surface area contributed by atoms with E-state index in [1.54, 1.807) is 30.3 Å². The summed E-state index contributed by atoms with van der Waals surface area (Å²) in [4.78, 5) is 29.7. The van der Waals surface area contributed by atoms with E-state index in [1.807, 2.05) is 22.6 Å². The summed E-state index contributed by atoms with van der Waals surface area (Å²) in [6, 6.07) is 7.95. The first-order valence-corrected chi connectivity index (χ1v) is 8.72. The predicted octanol–water partition coefficient (Wildman–Crippen LogP) is 3.31. The molecule has 1 saturated heterocycles. The van der Waals surface area contributed by atoms with Crippen molar-refractivity contribution in [3.05, 3.63) is 62.2 Å². The summed E-state index contributed by atoms with van der Waals surface area (Å²) < 4.78 is 14.5. The lowest BCUT2D eigenvalue weighted by Crippen LogP contribution is -2.54. The molecule has 0 unspecified atom stereocenters. The van der Waals surface area contributed by atoms with Gasteiger partial charge in [0.05, 0.1) is 5.69 Å². The average molecular weight is 488 g/mol. The molecule has 2 aromatic rings. The number of hydrogen-bond acceptors (Lipinski definition) is 4. The van der Waals surface area contributed by atoms with Crippen LogP contribution in [-0.2, 0) is 9.59 Å². The fourth-order valence-electron chi connectivity index (χ4n) is 2.18. The zero-order valence-corrected chi connectivity index (χ0v) is 16.0. The van der Waals surface area contributed by atoms with Crippen molar-refractivity contribution in [3.63, 3.8) is 0 Å². The Hall–Kier alpha value is -1.91. The molecule has 0 bridgehead atoms. The number of amides is 2. The highest BCUT2D eigenvalue weighted by molar-refractivity contribution is 14.1. The maximum absolute atomic E-state index is 13.9. The van der Waals surface area contributed by atoms with E-state index in [0.717, 1.165) is 4.90 Å². The lowest BCUT2D eigenvalue weighted by Gasteiger charge is -2.29. The van der Waals surface area contributed by atoms with E-state index in [1.165, 1.54) is 12.3 Å². The van der Waals surface area contributed by atoms with Crippen LogP contribution in [0.25, 0.3) is 6.08 Å². The van der Waals surface area contributed by atoms with Crippen LogP contribution < -0.4 is 10.2 Å². The maximum Gasteiger partial charge on any atom is 0.270 e. The number of carbonyl (C=O) groups excluding carboxylic acids is 2. The highest BCUT2D eigenvalue weighted by atomic mass is 127. The SMILES string of the molecule is O=C1NC(=S)N(c2ccc(Cl)cc2)C(=O)/C1=C/c1c(I)ccnc1F. The summed E-state index contributed by atoms with van der Waals surface area (Å²) >= 11 is 12.8. The lowest BCUT2D eigenvalue weighted by atomic mass is 10.1. The molecule has 25 heavy (non-hydrogen) atoms. The van der Waals surface area contributed by atoms with Gasteiger partial charge in [-0.2, -0.15) is 4.39 Å². The zero-order valence-electron chi connectivity index (χ0n) is 12.3. The zero-order chi connectivity index (χ0) is 18.1. The standard InChI is InChI=1S/C16H8ClFIN3O2S/c17-8-1-3-9(4-2-8)22-15(24)11(14(23)21-16(22)25)7-10-12(19)5-6-20-13(10)18/h1-7H,(H,21,23,25)/b11-7+. The molecule has 2 heterocycles. The molecule has 5 nitrogen and oxygen atoms in total. The predicted molar refractivity (Wildman–Crippen MR) is 105 cm³/mol. The van der Waals surface area contributed by atoms with Crippen LogP contribution in [0.15, 0.2) is 42.1 Å². The van der Waals surface area contributed by atoms with E-state index < -0.39 is 17.8 Å². The summed E-state index contributed by atoms with van der Waals surface area (Å²) in [6.07, 6.45) is 2.48. The van der Waals surface area contributed by atoms with Gasteiger partial charge in [-0.15, -0.1) is 0 Å². The monoisotopic (exact) mass is 487 g/mol. The molecule has 1 N–H and O–H groups in total. The molecular weight excluding hydrogens is 480 g/mol. The number of pyridine rings is 1. The van der Waals surface area contributed by atoms with Crippen molar-refractivity contribution in [1.82, 2.24) is 10.3 Å². The minimum absolute atomic E-state index is 0.0594. The first-order valence-electron chi connectivity index (χ1n) is 6.85. The summed E-state index contributed by atoms with van der Waals surface area (Å²) in [5, 5.41) is 2.87. The largest absolute Gasteiger partial charge is 0.298 e. The van der Waals surface area contributed by atoms with Crippen LogP contribution in [-0.4, -0.2) is 21.9 Å². The van der Waals surface area contributed by atoms with Crippen molar-refractivity contribution in [2.45, 2.75) is 0 Å². The van der Waals surface area contributed by atoms with E-state index in [2.05, 4.69) is 10.3 Å². The van der Waals surface area contributed by atoms with Gasteiger partial charge in [0.25, 0.3) is 11.8 Å². The molecule has 2 amide bonds. The van der Waals surface area contributed by atoms with E-state index in [-0.39, 0.29) is 16.2 Å². The number of hydrogen-bond donors (Lipinski definition) is 1. The number of aromatic nitrogens is 1. The van der Waals surface area contributed by atoms with Crippen LogP contribution in [0.3, 0.4) is 0 Å². The van der Waals surface area contributed by atoms with Crippen LogP contribution in [0.4, 0.5) is 10.1 Å². The van der Waals surface area contributed by atoms with Gasteiger partial charge in [0.2, 0.25) is 5.95 Å². The lowest BCUT2D eigenvalue weighted by molar-refractivity contribution is -0.122. The Morgan fingerprint density at radius 1 is 1.24 bits per heavy atom. The molecule has 1 aliphatic heterocycles. The summed E-state index contributed by atoms with van der Waals surface area (Å²) in [7, 11) is 0. The highest BCUT2D eigenvalue weighted by Crippen LogP contribution is 2.25. The van der Waals surface area contributed by atoms with Gasteiger partial charge in [-0.1, -0.05) is 11.6 Å². The third-order valence-electron chi connectivity index (χ3n) is 3.36. The number of nitrogens with zero attached hydrogens (tertiary/aromatic N) is 2. The second kappa shape index (κ2) is 7.14. The van der Waals surface area contributed by atoms with Crippen LogP contribution in [0.5, 0.6) is 0 Å². The van der Waals surface area contributed by atoms with Gasteiger partial charge in [0, 0.05) is 20.4 Å². The molecule has 0 aliphatic carbocycles. The van der Waals surface area contributed by atoms with Crippen molar-refractivity contribution in [2.75, 3.05) is 4.90 Å². The van der Waals surface area contributed by atoms with Gasteiger partial charge < -0.3 is 0 Å². The fraction of sp³-hybridized carbons (Fsp3) is 0. The molecule has 1 aromatic carbocycles. The molecule has 3 rings (SSSR count). The van der Waals surface area contributed by atoms with Gasteiger partial charge in [0.15, 0.2) is 5.11 Å². The minimum Gasteiger partial charge on any atom is -0.298 e. The van der Waals surface area contributed by atoms with Crippen molar-refractivity contribution >= 4 is 75.1 Å². The topological polar surface area (TPSA) is 62.3 Å². The first-order chi connectivity index (χ1) is 11.9. The second-order valence-corrected chi connectivity index (χ2v) is 6.92. The quantitative estimate of drug-likeness (QED) is 0.232. The number of benzene rings is 1. The Bertz CT molecular complexity index is 913. The molecule has 1 aromatic heterocycles. The van der Waals surface area contributed by atoms with E-state index in [0.29, 0.717) is 14.3 Å². The number of rotatable bonds is 2. The summed E-state index contributed by atoms with van der Waals surface area (Å²) in [5.41, 5.74) is 0.255. The first kappa shape index (κ1) is 17.9. The van der Waals surface area contributed by atoms with Gasteiger partial charge in [-0.05, 0) is 71.2 Å². The third kappa shape index (κ3) is 3.55. The van der Waals surface area contributed by atoms with Crippen molar-refractivity contribution < 1.29 is 14.0 Å². The van der Waals surface area contributed by atoms with E-state index in [9.17, 15) is 14.0 Å². The highest BCUT2D eigenvalue weighted by Gasteiger charge is 2.34. The fourth-order valence-corrected chi connectivity index (χ4v) is 3.13. The van der Waals surface area contributed by atoms with Crippen LogP contribution in [0.1, 0.15) is 5.56 Å². The Morgan fingerprint density at radius 2 is 1.92 bits per heavy atom. The van der Waals surface area contributed by atoms with E-state index in [4.69, 9.17) is 23.8 Å². The number of thiocarbonyl (C=S) groups is 1. The molecule has 0 saturated carbocycles. The summed E-state index contributed by atoms with van der Waals surface area (Å²) in [6.45, 7) is 0. The Balaban J connectivity index is 2.07. The maximum atomic E-state index is 13.9. The normalized spacial score (nSPS) is 16.4. The molecule has 1 aliphatic rings. The Labute approximate surface area is 166 Å². The molecule has 0 radical (unpaired) electrons. The van der Waals surface area contributed by atoms with Gasteiger partial charge in [-0.25, -0.2) is 4.98 Å². The van der Waals surface area contributed by atoms with Crippen LogP contribution in [0.2, 0.25) is 5.02 Å². The van der Waals surface area contributed by atoms with Gasteiger partial charge >= 0.3 is 0 Å². The number of carbonyl (C=O) groups is 2. The summed E-state index contributed by atoms with van der Waals surface area (Å²) in [5.74, 6) is -2.12.